The zero-order chi connectivity index (χ0) is 21.3. The van der Waals surface area contributed by atoms with Crippen LogP contribution in [-0.4, -0.2) is 35.4 Å². The quantitative estimate of drug-likeness (QED) is 0.663. The van der Waals surface area contributed by atoms with Crippen molar-refractivity contribution in [2.24, 2.45) is 11.8 Å². The third-order valence-corrected chi connectivity index (χ3v) is 8.38. The minimum absolute atomic E-state index is 0.113. The minimum Gasteiger partial charge on any atom is -0.348 e. The summed E-state index contributed by atoms with van der Waals surface area (Å²) in [5, 5.41) is 12.4. The number of nitrogens with zero attached hydrogens (tertiary/aromatic N) is 2. The first kappa shape index (κ1) is 21.7. The first-order valence-electron chi connectivity index (χ1n) is 11.3. The van der Waals surface area contributed by atoms with E-state index in [1.165, 1.54) is 37.0 Å². The largest absolute Gasteiger partial charge is 0.348 e. The molecule has 2 saturated heterocycles. The van der Waals surface area contributed by atoms with E-state index in [1.54, 1.807) is 6.07 Å². The van der Waals surface area contributed by atoms with Gasteiger partial charge in [0.15, 0.2) is 0 Å². The van der Waals surface area contributed by atoms with Crippen LogP contribution >= 0.6 is 11.3 Å². The Hall–Kier alpha value is -1.52. The molecule has 7 heteroatoms. The van der Waals surface area contributed by atoms with Gasteiger partial charge in [0.1, 0.15) is 10.9 Å². The van der Waals surface area contributed by atoms with Crippen LogP contribution in [0, 0.1) is 23.2 Å². The summed E-state index contributed by atoms with van der Waals surface area (Å²) in [7, 11) is 0. The number of piperidine rings is 1. The van der Waals surface area contributed by atoms with Crippen molar-refractivity contribution in [3.8, 4) is 6.07 Å². The molecule has 4 rings (SSSR count). The van der Waals surface area contributed by atoms with E-state index < -0.39 is 5.92 Å². The van der Waals surface area contributed by atoms with Gasteiger partial charge in [0.25, 0.3) is 0 Å². The second kappa shape index (κ2) is 8.92. The molecule has 0 radical (unpaired) electrons. The predicted molar refractivity (Wildman–Crippen MR) is 113 cm³/mol. The lowest BCUT2D eigenvalue weighted by Gasteiger charge is -2.38. The summed E-state index contributed by atoms with van der Waals surface area (Å²) in [5.41, 5.74) is 0. The molecule has 1 aromatic heterocycles. The monoisotopic (exact) mass is 435 g/mol. The van der Waals surface area contributed by atoms with Crippen LogP contribution in [0.2, 0.25) is 0 Å². The van der Waals surface area contributed by atoms with Gasteiger partial charge in [-0.15, -0.1) is 11.3 Å². The molecule has 1 amide bonds. The number of halogens is 2. The number of rotatable bonds is 6. The van der Waals surface area contributed by atoms with Gasteiger partial charge in [0.2, 0.25) is 11.8 Å². The van der Waals surface area contributed by atoms with Crippen molar-refractivity contribution in [2.75, 3.05) is 6.54 Å². The highest BCUT2D eigenvalue weighted by atomic mass is 32.1. The summed E-state index contributed by atoms with van der Waals surface area (Å²) < 4.78 is 27.0. The molecule has 1 aliphatic carbocycles. The molecule has 2 aliphatic heterocycles. The summed E-state index contributed by atoms with van der Waals surface area (Å²) in [6, 6.07) is 7.03. The van der Waals surface area contributed by atoms with Crippen molar-refractivity contribution < 1.29 is 13.6 Å². The van der Waals surface area contributed by atoms with E-state index in [-0.39, 0.29) is 43.6 Å². The lowest BCUT2D eigenvalue weighted by atomic mass is 9.86. The Bertz CT molecular complexity index is 781. The number of nitrogens with one attached hydrogen (secondary N) is 1. The number of alkyl halides is 2. The normalized spacial score (nSPS) is 30.0. The maximum Gasteiger partial charge on any atom is 0.248 e. The molecule has 2 bridgehead atoms. The molecule has 2 unspecified atom stereocenters. The Morgan fingerprint density at radius 1 is 1.27 bits per heavy atom. The molecule has 3 fully saturated rings. The maximum absolute atomic E-state index is 13.5. The standard InChI is InChI=1S/C23H31F2N3OS/c1-15-12-17-2-3-18(13-15)28(17)11-8-20(21-5-4-19(14-26)30-21)27-22(29)16-6-9-23(24,25)10-7-16/h4-5,15-18,20H,2-3,6-13H2,1H3,(H,27,29)/t15?,17?,18?,20-/m0/s1. The number of carbonyl (C=O) groups excluding carboxylic acids is 1. The minimum atomic E-state index is -2.63. The second-order valence-electron chi connectivity index (χ2n) is 9.49. The van der Waals surface area contributed by atoms with Crippen molar-refractivity contribution >= 4 is 17.2 Å². The predicted octanol–water partition coefficient (Wildman–Crippen LogP) is 5.26. The molecule has 3 heterocycles. The number of thiophene rings is 1. The summed E-state index contributed by atoms with van der Waals surface area (Å²) in [4.78, 5) is 17.1. The molecule has 1 N–H and O–H groups in total. The second-order valence-corrected chi connectivity index (χ2v) is 10.6. The first-order chi connectivity index (χ1) is 14.3. The number of amides is 1. The van der Waals surface area contributed by atoms with Gasteiger partial charge in [-0.1, -0.05) is 6.92 Å². The Balaban J connectivity index is 1.41. The SMILES string of the molecule is CC1CC2CCC(C1)N2CC[C@H](NC(=O)C1CCC(F)(F)CC1)c1ccc(C#N)s1. The number of fused-ring (bicyclic) bond motifs is 2. The molecule has 3 aliphatic rings. The lowest BCUT2D eigenvalue weighted by molar-refractivity contribution is -0.130. The average molecular weight is 436 g/mol. The van der Waals surface area contributed by atoms with Crippen LogP contribution in [0.5, 0.6) is 0 Å². The van der Waals surface area contributed by atoms with E-state index in [4.69, 9.17) is 0 Å². The fraction of sp³-hybridized carbons (Fsp3) is 0.739. The molecule has 0 aromatic carbocycles. The molecule has 164 valence electrons. The highest BCUT2D eigenvalue weighted by molar-refractivity contribution is 7.12. The van der Waals surface area contributed by atoms with Crippen LogP contribution in [0.15, 0.2) is 12.1 Å². The van der Waals surface area contributed by atoms with E-state index in [1.807, 2.05) is 6.07 Å². The fourth-order valence-electron chi connectivity index (χ4n) is 5.67. The molecular weight excluding hydrogens is 404 g/mol. The number of carbonyl (C=O) groups is 1. The highest BCUT2D eigenvalue weighted by Gasteiger charge is 2.40. The topological polar surface area (TPSA) is 56.1 Å². The van der Waals surface area contributed by atoms with E-state index in [9.17, 15) is 18.8 Å². The number of hydrogen-bond donors (Lipinski definition) is 1. The maximum atomic E-state index is 13.5. The summed E-state index contributed by atoms with van der Waals surface area (Å²) in [6.07, 6.45) is 5.90. The van der Waals surface area contributed by atoms with E-state index in [2.05, 4.69) is 23.2 Å². The zero-order valence-corrected chi connectivity index (χ0v) is 18.4. The molecular formula is C23H31F2N3OS. The highest BCUT2D eigenvalue weighted by Crippen LogP contribution is 2.40. The van der Waals surface area contributed by atoms with Gasteiger partial charge >= 0.3 is 0 Å². The van der Waals surface area contributed by atoms with Crippen molar-refractivity contribution in [1.29, 1.82) is 5.26 Å². The van der Waals surface area contributed by atoms with Crippen molar-refractivity contribution in [3.63, 3.8) is 0 Å². The van der Waals surface area contributed by atoms with E-state index >= 15 is 0 Å². The van der Waals surface area contributed by atoms with Gasteiger partial charge in [-0.3, -0.25) is 9.69 Å². The van der Waals surface area contributed by atoms with Gasteiger partial charge in [-0.05, 0) is 63.0 Å². The first-order valence-corrected chi connectivity index (χ1v) is 12.1. The Morgan fingerprint density at radius 2 is 1.93 bits per heavy atom. The molecule has 0 spiro atoms. The van der Waals surface area contributed by atoms with E-state index in [0.717, 1.165) is 23.8 Å². The molecule has 30 heavy (non-hydrogen) atoms. The molecule has 1 aromatic rings. The Morgan fingerprint density at radius 3 is 2.53 bits per heavy atom. The van der Waals surface area contributed by atoms with E-state index in [0.29, 0.717) is 17.0 Å². The lowest BCUT2D eigenvalue weighted by Crippen LogP contribution is -2.44. The summed E-state index contributed by atoms with van der Waals surface area (Å²) in [5.74, 6) is -2.29. The summed E-state index contributed by atoms with van der Waals surface area (Å²) in [6.45, 7) is 3.27. The van der Waals surface area contributed by atoms with Crippen molar-refractivity contribution in [3.05, 3.63) is 21.9 Å². The van der Waals surface area contributed by atoms with Gasteiger partial charge in [0.05, 0.1) is 6.04 Å². The van der Waals surface area contributed by atoms with Gasteiger partial charge < -0.3 is 5.32 Å². The van der Waals surface area contributed by atoms with Crippen LogP contribution in [-0.2, 0) is 4.79 Å². The Kier molecular flexibility index (Phi) is 6.45. The van der Waals surface area contributed by atoms with Crippen molar-refractivity contribution in [2.45, 2.75) is 88.8 Å². The zero-order valence-electron chi connectivity index (χ0n) is 17.6. The van der Waals surface area contributed by atoms with Crippen LogP contribution in [0.1, 0.15) is 80.5 Å². The van der Waals surface area contributed by atoms with Crippen LogP contribution in [0.25, 0.3) is 0 Å². The van der Waals surface area contributed by atoms with Gasteiger partial charge in [-0.2, -0.15) is 5.26 Å². The van der Waals surface area contributed by atoms with Gasteiger partial charge in [-0.25, -0.2) is 8.78 Å². The third kappa shape index (κ3) is 4.86. The van der Waals surface area contributed by atoms with Gasteiger partial charge in [0, 0.05) is 42.3 Å². The fourth-order valence-corrected chi connectivity index (χ4v) is 6.56. The van der Waals surface area contributed by atoms with Crippen LogP contribution < -0.4 is 5.32 Å². The number of hydrogen-bond acceptors (Lipinski definition) is 4. The number of nitriles is 1. The third-order valence-electron chi connectivity index (χ3n) is 7.28. The molecule has 4 nitrogen and oxygen atoms in total. The molecule has 3 atom stereocenters. The Labute approximate surface area is 181 Å². The van der Waals surface area contributed by atoms with Crippen LogP contribution in [0.4, 0.5) is 8.78 Å². The summed E-state index contributed by atoms with van der Waals surface area (Å²) >= 11 is 1.42. The average Bonchev–Trinajstić information content (AvgIpc) is 3.27. The van der Waals surface area contributed by atoms with Crippen LogP contribution in [0.3, 0.4) is 0 Å². The van der Waals surface area contributed by atoms with Crippen molar-refractivity contribution in [1.82, 2.24) is 10.2 Å². The molecule has 1 saturated carbocycles. The smallest absolute Gasteiger partial charge is 0.248 e.